The Balaban J connectivity index is 1.62. The average Bonchev–Trinajstić information content (AvgIpc) is 3.29. The van der Waals surface area contributed by atoms with Gasteiger partial charge in [0.2, 0.25) is 0 Å². The van der Waals surface area contributed by atoms with Crippen LogP contribution in [0.25, 0.3) is 0 Å². The van der Waals surface area contributed by atoms with E-state index in [2.05, 4.69) is 11.0 Å². The summed E-state index contributed by atoms with van der Waals surface area (Å²) in [6.45, 7) is 3.47. The maximum absolute atomic E-state index is 5.93. The van der Waals surface area contributed by atoms with Crippen molar-refractivity contribution in [3.8, 4) is 0 Å². The molecule has 0 unspecified atom stereocenters. The molecule has 4 rings (SSSR count). The molecule has 0 aromatic carbocycles. The minimum absolute atomic E-state index is 0.367. The molecule has 0 atom stereocenters. The first kappa shape index (κ1) is 12.5. The summed E-state index contributed by atoms with van der Waals surface area (Å²) in [6, 6.07) is 2.56. The minimum atomic E-state index is 0.367. The van der Waals surface area contributed by atoms with Crippen LogP contribution >= 0.6 is 0 Å². The van der Waals surface area contributed by atoms with Crippen LogP contribution < -0.4 is 10.6 Å². The van der Waals surface area contributed by atoms with Gasteiger partial charge in [-0.2, -0.15) is 0 Å². The van der Waals surface area contributed by atoms with Crippen LogP contribution in [0.4, 0.5) is 5.82 Å². The Kier molecular flexibility index (Phi) is 3.11. The smallest absolute Gasteiger partial charge is 0.134 e. The zero-order valence-corrected chi connectivity index (χ0v) is 11.8. The van der Waals surface area contributed by atoms with Crippen LogP contribution in [0.5, 0.6) is 0 Å². The van der Waals surface area contributed by atoms with Gasteiger partial charge in [0, 0.05) is 42.7 Å². The first-order valence-electron chi connectivity index (χ1n) is 7.77. The fraction of sp³-hybridized carbons (Fsp3) is 0.733. The van der Waals surface area contributed by atoms with Crippen LogP contribution in [0.15, 0.2) is 6.07 Å². The number of ether oxygens (including phenoxy) is 1. The Hall–Kier alpha value is -1.20. The molecule has 2 saturated carbocycles. The molecule has 0 spiro atoms. The molecule has 1 aromatic heterocycles. The third kappa shape index (κ3) is 2.40. The lowest BCUT2D eigenvalue weighted by Gasteiger charge is -2.33. The zero-order valence-electron chi connectivity index (χ0n) is 11.8. The Morgan fingerprint density at radius 3 is 2.50 bits per heavy atom. The standard InChI is InChI=1S/C15H22N4O/c16-12-7-11(8-12)13-9-14(19-3-5-20-6-4-19)18-15(17-13)10-1-2-10/h9-12H,1-8,16H2. The van der Waals surface area contributed by atoms with Gasteiger partial charge < -0.3 is 15.4 Å². The fourth-order valence-corrected chi connectivity index (χ4v) is 3.06. The molecule has 1 saturated heterocycles. The predicted molar refractivity (Wildman–Crippen MR) is 77.0 cm³/mol. The third-order valence-electron chi connectivity index (χ3n) is 4.62. The highest BCUT2D eigenvalue weighted by atomic mass is 16.5. The molecule has 3 fully saturated rings. The molecule has 2 heterocycles. The number of hydrogen-bond acceptors (Lipinski definition) is 5. The van der Waals surface area contributed by atoms with Crippen LogP contribution in [-0.4, -0.2) is 42.3 Å². The van der Waals surface area contributed by atoms with Crippen molar-refractivity contribution in [2.24, 2.45) is 5.73 Å². The molecule has 5 heteroatoms. The average molecular weight is 274 g/mol. The second-order valence-corrected chi connectivity index (χ2v) is 6.31. The summed E-state index contributed by atoms with van der Waals surface area (Å²) in [7, 11) is 0. The first-order chi connectivity index (χ1) is 9.79. The lowest BCUT2D eigenvalue weighted by molar-refractivity contribution is 0.122. The van der Waals surface area contributed by atoms with Crippen molar-refractivity contribution >= 4 is 5.82 Å². The van der Waals surface area contributed by atoms with Crippen molar-refractivity contribution in [1.29, 1.82) is 0 Å². The normalized spacial score (nSPS) is 30.1. The van der Waals surface area contributed by atoms with E-state index in [0.29, 0.717) is 17.9 Å². The number of morpholine rings is 1. The van der Waals surface area contributed by atoms with Gasteiger partial charge in [0.15, 0.2) is 0 Å². The van der Waals surface area contributed by atoms with Crippen LogP contribution in [0.1, 0.15) is 49.0 Å². The summed E-state index contributed by atoms with van der Waals surface area (Å²) in [5.41, 5.74) is 7.14. The highest BCUT2D eigenvalue weighted by Gasteiger charge is 2.32. The molecule has 0 radical (unpaired) electrons. The molecular formula is C15H22N4O. The van der Waals surface area contributed by atoms with Crippen LogP contribution in [0.3, 0.4) is 0 Å². The summed E-state index contributed by atoms with van der Waals surface area (Å²) >= 11 is 0. The topological polar surface area (TPSA) is 64.3 Å². The van der Waals surface area contributed by atoms with Gasteiger partial charge in [-0.3, -0.25) is 0 Å². The van der Waals surface area contributed by atoms with Gasteiger partial charge in [0.05, 0.1) is 13.2 Å². The number of anilines is 1. The van der Waals surface area contributed by atoms with Gasteiger partial charge in [0.25, 0.3) is 0 Å². The van der Waals surface area contributed by atoms with E-state index in [0.717, 1.165) is 50.8 Å². The Bertz CT molecular complexity index is 491. The van der Waals surface area contributed by atoms with Crippen molar-refractivity contribution in [2.75, 3.05) is 31.2 Å². The van der Waals surface area contributed by atoms with Crippen LogP contribution in [-0.2, 0) is 4.74 Å². The fourth-order valence-electron chi connectivity index (χ4n) is 3.06. The molecule has 0 bridgehead atoms. The number of nitrogens with zero attached hydrogens (tertiary/aromatic N) is 3. The highest BCUT2D eigenvalue weighted by molar-refractivity contribution is 5.42. The molecule has 1 aliphatic heterocycles. The number of nitrogens with two attached hydrogens (primary N) is 1. The summed E-state index contributed by atoms with van der Waals surface area (Å²) < 4.78 is 5.43. The molecule has 3 aliphatic rings. The quantitative estimate of drug-likeness (QED) is 0.902. The van der Waals surface area contributed by atoms with Crippen molar-refractivity contribution < 1.29 is 4.74 Å². The number of aromatic nitrogens is 2. The number of rotatable bonds is 3. The lowest BCUT2D eigenvalue weighted by atomic mass is 9.78. The molecule has 20 heavy (non-hydrogen) atoms. The van der Waals surface area contributed by atoms with Gasteiger partial charge in [-0.05, 0) is 25.7 Å². The maximum atomic E-state index is 5.93. The second kappa shape index (κ2) is 4.97. The van der Waals surface area contributed by atoms with Crippen LogP contribution in [0, 0.1) is 0 Å². The Morgan fingerprint density at radius 2 is 1.85 bits per heavy atom. The molecule has 5 nitrogen and oxygen atoms in total. The van der Waals surface area contributed by atoms with Gasteiger partial charge >= 0.3 is 0 Å². The van der Waals surface area contributed by atoms with Gasteiger partial charge in [0.1, 0.15) is 11.6 Å². The zero-order chi connectivity index (χ0) is 13.5. The van der Waals surface area contributed by atoms with Crippen molar-refractivity contribution in [2.45, 2.75) is 43.6 Å². The van der Waals surface area contributed by atoms with E-state index < -0.39 is 0 Å². The summed E-state index contributed by atoms with van der Waals surface area (Å²) in [5.74, 6) is 3.30. The van der Waals surface area contributed by atoms with Gasteiger partial charge in [-0.25, -0.2) is 9.97 Å². The third-order valence-corrected chi connectivity index (χ3v) is 4.62. The van der Waals surface area contributed by atoms with Crippen molar-refractivity contribution in [3.05, 3.63) is 17.6 Å². The first-order valence-corrected chi connectivity index (χ1v) is 7.77. The molecule has 0 amide bonds. The highest BCUT2D eigenvalue weighted by Crippen LogP contribution is 2.41. The van der Waals surface area contributed by atoms with E-state index in [4.69, 9.17) is 20.4 Å². The molecule has 2 N–H and O–H groups in total. The Morgan fingerprint density at radius 1 is 1.10 bits per heavy atom. The largest absolute Gasteiger partial charge is 0.378 e. The van der Waals surface area contributed by atoms with Crippen molar-refractivity contribution in [1.82, 2.24) is 9.97 Å². The number of hydrogen-bond donors (Lipinski definition) is 1. The van der Waals surface area contributed by atoms with E-state index >= 15 is 0 Å². The minimum Gasteiger partial charge on any atom is -0.378 e. The summed E-state index contributed by atoms with van der Waals surface area (Å²) in [4.78, 5) is 12.0. The SMILES string of the molecule is NC1CC(c2cc(N3CCOCC3)nc(C3CC3)n2)C1. The van der Waals surface area contributed by atoms with E-state index in [1.165, 1.54) is 18.5 Å². The van der Waals surface area contributed by atoms with E-state index in [1.54, 1.807) is 0 Å². The van der Waals surface area contributed by atoms with E-state index in [-0.39, 0.29) is 0 Å². The Labute approximate surface area is 119 Å². The monoisotopic (exact) mass is 274 g/mol. The van der Waals surface area contributed by atoms with Gasteiger partial charge in [-0.1, -0.05) is 0 Å². The van der Waals surface area contributed by atoms with E-state index in [1.807, 2.05) is 0 Å². The predicted octanol–water partition coefficient (Wildman–Crippen LogP) is 1.40. The van der Waals surface area contributed by atoms with Gasteiger partial charge in [-0.15, -0.1) is 0 Å². The lowest BCUT2D eigenvalue weighted by Crippen LogP contribution is -2.38. The maximum Gasteiger partial charge on any atom is 0.134 e. The summed E-state index contributed by atoms with van der Waals surface area (Å²) in [5, 5.41) is 0. The van der Waals surface area contributed by atoms with Crippen LogP contribution in [0.2, 0.25) is 0 Å². The van der Waals surface area contributed by atoms with E-state index in [9.17, 15) is 0 Å². The molecule has 2 aliphatic carbocycles. The summed E-state index contributed by atoms with van der Waals surface area (Å²) in [6.07, 6.45) is 4.64. The van der Waals surface area contributed by atoms with Crippen molar-refractivity contribution in [3.63, 3.8) is 0 Å². The molecular weight excluding hydrogens is 252 g/mol. The molecule has 108 valence electrons. The molecule has 1 aromatic rings. The second-order valence-electron chi connectivity index (χ2n) is 6.31.